The zero-order chi connectivity index (χ0) is 21.8. The predicted molar refractivity (Wildman–Crippen MR) is 115 cm³/mol. The van der Waals surface area contributed by atoms with Crippen LogP contribution in [0, 0.1) is 17.0 Å². The van der Waals surface area contributed by atoms with Crippen molar-refractivity contribution < 1.29 is 14.5 Å². The fourth-order valence-electron chi connectivity index (χ4n) is 3.25. The number of hydrogen-bond acceptors (Lipinski definition) is 6. The molecule has 1 aromatic heterocycles. The maximum Gasteiger partial charge on any atom is 0.273 e. The molecule has 9 nitrogen and oxygen atoms in total. The van der Waals surface area contributed by atoms with Crippen molar-refractivity contribution >= 4 is 22.4 Å². The van der Waals surface area contributed by atoms with Crippen molar-refractivity contribution in [3.8, 4) is 11.4 Å². The molecular formula is C22H19N5O4. The number of nitro benzene ring substituents is 1. The molecule has 0 saturated carbocycles. The van der Waals surface area contributed by atoms with Gasteiger partial charge in [0.25, 0.3) is 11.6 Å². The van der Waals surface area contributed by atoms with Gasteiger partial charge in [0.15, 0.2) is 5.69 Å². The summed E-state index contributed by atoms with van der Waals surface area (Å²) in [5, 5.41) is 23.7. The number of benzene rings is 3. The summed E-state index contributed by atoms with van der Waals surface area (Å²) in [5.41, 5.74) is 1.02. The largest absolute Gasteiger partial charge is 0.491 e. The highest BCUT2D eigenvalue weighted by molar-refractivity contribution is 5.93. The van der Waals surface area contributed by atoms with Crippen LogP contribution in [-0.4, -0.2) is 39.0 Å². The Morgan fingerprint density at radius 3 is 2.74 bits per heavy atom. The van der Waals surface area contributed by atoms with Gasteiger partial charge in [0.2, 0.25) is 0 Å². The predicted octanol–water partition coefficient (Wildman–Crippen LogP) is 3.45. The average molecular weight is 417 g/mol. The first-order valence-corrected chi connectivity index (χ1v) is 9.60. The number of carbonyl (C=O) groups is 1. The van der Waals surface area contributed by atoms with E-state index in [4.69, 9.17) is 4.74 Å². The van der Waals surface area contributed by atoms with Crippen LogP contribution in [-0.2, 0) is 0 Å². The van der Waals surface area contributed by atoms with Crippen LogP contribution in [0.2, 0.25) is 0 Å². The lowest BCUT2D eigenvalue weighted by Crippen LogP contribution is -2.29. The minimum absolute atomic E-state index is 0.0658. The van der Waals surface area contributed by atoms with Crippen LogP contribution in [0.1, 0.15) is 16.2 Å². The number of fused-ring (bicyclic) bond motifs is 1. The Hall–Kier alpha value is -4.27. The van der Waals surface area contributed by atoms with Gasteiger partial charge >= 0.3 is 0 Å². The van der Waals surface area contributed by atoms with E-state index in [2.05, 4.69) is 15.6 Å². The maximum absolute atomic E-state index is 12.5. The van der Waals surface area contributed by atoms with Gasteiger partial charge in [-0.15, -0.1) is 5.10 Å². The minimum atomic E-state index is -0.487. The number of aromatic nitrogens is 3. The molecule has 0 radical (unpaired) electrons. The summed E-state index contributed by atoms with van der Waals surface area (Å²) in [7, 11) is 0. The van der Waals surface area contributed by atoms with Crippen molar-refractivity contribution in [2.45, 2.75) is 6.92 Å². The molecule has 0 spiro atoms. The fourth-order valence-corrected chi connectivity index (χ4v) is 3.25. The van der Waals surface area contributed by atoms with Gasteiger partial charge in [-0.25, -0.2) is 4.68 Å². The number of ether oxygens (including phenoxy) is 1. The van der Waals surface area contributed by atoms with E-state index >= 15 is 0 Å². The third-order valence-corrected chi connectivity index (χ3v) is 4.79. The summed E-state index contributed by atoms with van der Waals surface area (Å²) >= 11 is 0. The van der Waals surface area contributed by atoms with Crippen LogP contribution in [0.15, 0.2) is 66.7 Å². The SMILES string of the molecule is Cc1c(C(=O)NCCOc2cccc3ccccc23)nnn1-c1cccc([N+](=O)[O-])c1. The lowest BCUT2D eigenvalue weighted by molar-refractivity contribution is -0.384. The molecule has 0 aliphatic carbocycles. The van der Waals surface area contributed by atoms with Crippen LogP contribution in [0.5, 0.6) is 5.75 Å². The van der Waals surface area contributed by atoms with Gasteiger partial charge in [0.1, 0.15) is 12.4 Å². The van der Waals surface area contributed by atoms with E-state index in [1.807, 2.05) is 42.5 Å². The number of nitrogens with zero attached hydrogens (tertiary/aromatic N) is 4. The Morgan fingerprint density at radius 2 is 1.90 bits per heavy atom. The molecule has 0 atom stereocenters. The summed E-state index contributed by atoms with van der Waals surface area (Å²) in [6.45, 7) is 2.25. The summed E-state index contributed by atoms with van der Waals surface area (Å²) in [4.78, 5) is 23.0. The molecule has 0 saturated heterocycles. The summed E-state index contributed by atoms with van der Waals surface area (Å²) in [6.07, 6.45) is 0. The standard InChI is InChI=1S/C22H19N5O4/c1-15-21(24-25-26(15)17-8-5-9-18(14-17)27(29)30)22(28)23-12-13-31-20-11-4-7-16-6-2-3-10-19(16)20/h2-11,14H,12-13H2,1H3,(H,23,28). The van der Waals surface area contributed by atoms with Gasteiger partial charge in [0.05, 0.1) is 22.8 Å². The molecule has 0 bridgehead atoms. The molecule has 1 N–H and O–H groups in total. The van der Waals surface area contributed by atoms with Gasteiger partial charge in [-0.2, -0.15) is 0 Å². The number of carbonyl (C=O) groups excluding carboxylic acids is 1. The van der Waals surface area contributed by atoms with Gasteiger partial charge < -0.3 is 10.1 Å². The lowest BCUT2D eigenvalue weighted by atomic mass is 10.1. The van der Waals surface area contributed by atoms with Gasteiger partial charge in [-0.05, 0) is 24.4 Å². The number of nitrogens with one attached hydrogen (secondary N) is 1. The van der Waals surface area contributed by atoms with Gasteiger partial charge in [-0.3, -0.25) is 14.9 Å². The molecule has 156 valence electrons. The second-order valence-electron chi connectivity index (χ2n) is 6.79. The third kappa shape index (κ3) is 4.20. The molecule has 4 aromatic rings. The van der Waals surface area contributed by atoms with Crippen molar-refractivity contribution in [2.24, 2.45) is 0 Å². The van der Waals surface area contributed by atoms with Crippen LogP contribution in [0.3, 0.4) is 0 Å². The second kappa shape index (κ2) is 8.62. The third-order valence-electron chi connectivity index (χ3n) is 4.79. The molecule has 0 fully saturated rings. The number of hydrogen-bond donors (Lipinski definition) is 1. The summed E-state index contributed by atoms with van der Waals surface area (Å²) in [5.74, 6) is 0.357. The van der Waals surface area contributed by atoms with Crippen LogP contribution in [0.25, 0.3) is 16.5 Å². The van der Waals surface area contributed by atoms with E-state index < -0.39 is 10.8 Å². The molecule has 0 aliphatic rings. The van der Waals surface area contributed by atoms with Crippen LogP contribution in [0.4, 0.5) is 5.69 Å². The Labute approximate surface area is 177 Å². The number of nitro groups is 1. The lowest BCUT2D eigenvalue weighted by Gasteiger charge is -2.10. The highest BCUT2D eigenvalue weighted by Gasteiger charge is 2.18. The molecule has 31 heavy (non-hydrogen) atoms. The topological polar surface area (TPSA) is 112 Å². The molecule has 3 aromatic carbocycles. The van der Waals surface area contributed by atoms with Crippen LogP contribution < -0.4 is 10.1 Å². The monoisotopic (exact) mass is 417 g/mol. The Bertz CT molecular complexity index is 1260. The summed E-state index contributed by atoms with van der Waals surface area (Å²) in [6, 6.07) is 19.7. The van der Waals surface area contributed by atoms with Crippen LogP contribution >= 0.6 is 0 Å². The van der Waals surface area contributed by atoms with Gasteiger partial charge in [-0.1, -0.05) is 47.7 Å². The molecule has 9 heteroatoms. The zero-order valence-electron chi connectivity index (χ0n) is 16.7. The van der Waals surface area contributed by atoms with Gasteiger partial charge in [0, 0.05) is 17.5 Å². The quantitative estimate of drug-likeness (QED) is 0.280. The van der Waals surface area contributed by atoms with E-state index in [0.717, 1.165) is 16.5 Å². The molecular weight excluding hydrogens is 398 g/mol. The highest BCUT2D eigenvalue weighted by Crippen LogP contribution is 2.25. The Kier molecular flexibility index (Phi) is 5.57. The molecule has 1 amide bonds. The zero-order valence-corrected chi connectivity index (χ0v) is 16.7. The van der Waals surface area contributed by atoms with E-state index in [-0.39, 0.29) is 24.5 Å². The molecule has 0 unspecified atom stereocenters. The van der Waals surface area contributed by atoms with E-state index in [9.17, 15) is 14.9 Å². The van der Waals surface area contributed by atoms with Crippen molar-refractivity contribution in [3.63, 3.8) is 0 Å². The Balaban J connectivity index is 1.39. The first-order valence-electron chi connectivity index (χ1n) is 9.60. The van der Waals surface area contributed by atoms with E-state index in [1.165, 1.54) is 16.8 Å². The average Bonchev–Trinajstić information content (AvgIpc) is 3.18. The minimum Gasteiger partial charge on any atom is -0.491 e. The number of non-ortho nitro benzene ring substituents is 1. The molecule has 4 rings (SSSR count). The summed E-state index contributed by atoms with van der Waals surface area (Å²) < 4.78 is 7.22. The maximum atomic E-state index is 12.5. The Morgan fingerprint density at radius 1 is 1.13 bits per heavy atom. The van der Waals surface area contributed by atoms with Crippen molar-refractivity contribution in [2.75, 3.05) is 13.2 Å². The first-order chi connectivity index (χ1) is 15.0. The smallest absolute Gasteiger partial charge is 0.273 e. The van der Waals surface area contributed by atoms with Crippen molar-refractivity contribution in [3.05, 3.63) is 88.2 Å². The molecule has 1 heterocycles. The highest BCUT2D eigenvalue weighted by atomic mass is 16.6. The number of rotatable bonds is 7. The molecule has 0 aliphatic heterocycles. The normalized spacial score (nSPS) is 10.7. The van der Waals surface area contributed by atoms with Crippen molar-refractivity contribution in [1.82, 2.24) is 20.3 Å². The fraction of sp³-hybridized carbons (Fsp3) is 0.136. The van der Waals surface area contributed by atoms with E-state index in [1.54, 1.807) is 19.1 Å². The van der Waals surface area contributed by atoms with Crippen molar-refractivity contribution in [1.29, 1.82) is 0 Å². The van der Waals surface area contributed by atoms with E-state index in [0.29, 0.717) is 11.4 Å². The number of amides is 1. The first kappa shape index (κ1) is 20.0. The second-order valence-corrected chi connectivity index (χ2v) is 6.79.